The van der Waals surface area contributed by atoms with E-state index in [1.807, 2.05) is 6.07 Å². The molecule has 0 unspecified atom stereocenters. The Morgan fingerprint density at radius 1 is 1.42 bits per heavy atom. The van der Waals surface area contributed by atoms with Crippen molar-refractivity contribution in [1.29, 1.82) is 5.26 Å². The van der Waals surface area contributed by atoms with E-state index < -0.39 is 15.7 Å². The van der Waals surface area contributed by atoms with E-state index in [9.17, 15) is 14.3 Å². The molecule has 1 aliphatic heterocycles. The summed E-state index contributed by atoms with van der Waals surface area (Å²) in [5, 5.41) is 23.1. The van der Waals surface area contributed by atoms with Gasteiger partial charge in [0.15, 0.2) is 0 Å². The number of nitrogens with one attached hydrogen (secondary N) is 1. The maximum atomic E-state index is 11.3. The van der Waals surface area contributed by atoms with Crippen LogP contribution in [0.15, 0.2) is 18.2 Å². The molecule has 0 bridgehead atoms. The number of nitro groups is 1. The number of hydrogen-bond acceptors (Lipinski definition) is 5. The lowest BCUT2D eigenvalue weighted by Gasteiger charge is -2.23. The SMILES string of the molecule is N#Cc1cccc(NC2CCS(=O)CC2)c1[N+](=O)[O-]. The molecular weight excluding hydrogens is 266 g/mol. The Morgan fingerprint density at radius 3 is 2.68 bits per heavy atom. The van der Waals surface area contributed by atoms with E-state index in [2.05, 4.69) is 5.32 Å². The van der Waals surface area contributed by atoms with E-state index >= 15 is 0 Å². The van der Waals surface area contributed by atoms with Crippen LogP contribution in [0.1, 0.15) is 18.4 Å². The molecule has 0 amide bonds. The third-order valence-electron chi connectivity index (χ3n) is 3.09. The molecule has 6 nitrogen and oxygen atoms in total. The standard InChI is InChI=1S/C12H13N3O3S/c13-8-9-2-1-3-11(12(9)15(16)17)14-10-4-6-19(18)7-5-10/h1-3,10,14H,4-7H2. The number of nitro benzene ring substituents is 1. The minimum Gasteiger partial charge on any atom is -0.377 e. The number of para-hydroxylation sites is 1. The lowest BCUT2D eigenvalue weighted by molar-refractivity contribution is -0.384. The van der Waals surface area contributed by atoms with Gasteiger partial charge in [-0.2, -0.15) is 5.26 Å². The number of nitrogens with zero attached hydrogens (tertiary/aromatic N) is 2. The van der Waals surface area contributed by atoms with E-state index in [1.165, 1.54) is 6.07 Å². The predicted molar refractivity (Wildman–Crippen MR) is 72.3 cm³/mol. The second kappa shape index (κ2) is 5.80. The summed E-state index contributed by atoms with van der Waals surface area (Å²) in [6.07, 6.45) is 1.45. The maximum absolute atomic E-state index is 11.3. The van der Waals surface area contributed by atoms with Gasteiger partial charge in [-0.05, 0) is 25.0 Å². The van der Waals surface area contributed by atoms with Crippen molar-refractivity contribution in [2.45, 2.75) is 18.9 Å². The van der Waals surface area contributed by atoms with E-state index in [1.54, 1.807) is 12.1 Å². The van der Waals surface area contributed by atoms with Crippen LogP contribution < -0.4 is 5.32 Å². The summed E-state index contributed by atoms with van der Waals surface area (Å²) in [7, 11) is -0.765. The van der Waals surface area contributed by atoms with Gasteiger partial charge in [0.1, 0.15) is 17.3 Å². The van der Waals surface area contributed by atoms with Crippen molar-refractivity contribution in [3.63, 3.8) is 0 Å². The van der Waals surface area contributed by atoms with Crippen LogP contribution in [0.25, 0.3) is 0 Å². The second-order valence-corrected chi connectivity index (χ2v) is 6.03. The fourth-order valence-corrected chi connectivity index (χ4v) is 3.40. The van der Waals surface area contributed by atoms with Crippen LogP contribution in [0.4, 0.5) is 11.4 Å². The molecule has 1 heterocycles. The Morgan fingerprint density at radius 2 is 2.11 bits per heavy atom. The highest BCUT2D eigenvalue weighted by Gasteiger charge is 2.23. The smallest absolute Gasteiger partial charge is 0.309 e. The number of hydrogen-bond donors (Lipinski definition) is 1. The average Bonchev–Trinajstić information content (AvgIpc) is 2.40. The van der Waals surface area contributed by atoms with E-state index in [-0.39, 0.29) is 17.3 Å². The molecule has 1 aromatic rings. The molecule has 1 aromatic carbocycles. The molecule has 0 saturated carbocycles. The van der Waals surface area contributed by atoms with Crippen LogP contribution in [0.2, 0.25) is 0 Å². The van der Waals surface area contributed by atoms with Gasteiger partial charge in [0.2, 0.25) is 0 Å². The Kier molecular flexibility index (Phi) is 4.12. The first-order chi connectivity index (χ1) is 9.11. The van der Waals surface area contributed by atoms with Crippen LogP contribution in [0.3, 0.4) is 0 Å². The van der Waals surface area contributed by atoms with Gasteiger partial charge in [-0.15, -0.1) is 0 Å². The number of nitriles is 1. The highest BCUT2D eigenvalue weighted by molar-refractivity contribution is 7.85. The molecule has 19 heavy (non-hydrogen) atoms. The first-order valence-electron chi connectivity index (χ1n) is 5.91. The summed E-state index contributed by atoms with van der Waals surface area (Å²) in [5.74, 6) is 1.23. The van der Waals surface area contributed by atoms with Gasteiger partial charge in [-0.3, -0.25) is 14.3 Å². The third-order valence-corrected chi connectivity index (χ3v) is 4.47. The Balaban J connectivity index is 2.23. The van der Waals surface area contributed by atoms with Gasteiger partial charge < -0.3 is 5.32 Å². The Labute approximate surface area is 113 Å². The first kappa shape index (κ1) is 13.5. The zero-order valence-electron chi connectivity index (χ0n) is 10.2. The van der Waals surface area contributed by atoms with Gasteiger partial charge in [0.05, 0.1) is 4.92 Å². The fourth-order valence-electron chi connectivity index (χ4n) is 2.10. The minimum absolute atomic E-state index is 0.0504. The lowest BCUT2D eigenvalue weighted by Crippen LogP contribution is -2.29. The van der Waals surface area contributed by atoms with Crippen molar-refractivity contribution in [2.75, 3.05) is 16.8 Å². The minimum atomic E-state index is -0.765. The quantitative estimate of drug-likeness (QED) is 0.672. The highest BCUT2D eigenvalue weighted by Crippen LogP contribution is 2.29. The van der Waals surface area contributed by atoms with Crippen molar-refractivity contribution >= 4 is 22.2 Å². The summed E-state index contributed by atoms with van der Waals surface area (Å²) >= 11 is 0. The zero-order valence-corrected chi connectivity index (χ0v) is 11.0. The summed E-state index contributed by atoms with van der Waals surface area (Å²) in [6, 6.07) is 6.56. The normalized spacial score (nSPS) is 22.5. The van der Waals surface area contributed by atoms with Gasteiger partial charge in [0.25, 0.3) is 0 Å². The van der Waals surface area contributed by atoms with Gasteiger partial charge in [-0.1, -0.05) is 6.07 Å². The molecule has 0 aliphatic carbocycles. The molecule has 1 N–H and O–H groups in total. The van der Waals surface area contributed by atoms with Crippen LogP contribution in [-0.4, -0.2) is 26.7 Å². The average molecular weight is 279 g/mol. The summed E-state index contributed by atoms with van der Waals surface area (Å²) in [4.78, 5) is 10.5. The van der Waals surface area contributed by atoms with Gasteiger partial charge >= 0.3 is 5.69 Å². The van der Waals surface area contributed by atoms with Crippen molar-refractivity contribution in [3.8, 4) is 6.07 Å². The van der Waals surface area contributed by atoms with E-state index in [0.29, 0.717) is 17.2 Å². The molecule has 2 rings (SSSR count). The number of anilines is 1. The second-order valence-electron chi connectivity index (χ2n) is 4.34. The molecule has 0 radical (unpaired) electrons. The lowest BCUT2D eigenvalue weighted by atomic mass is 10.1. The third kappa shape index (κ3) is 3.09. The van der Waals surface area contributed by atoms with Crippen molar-refractivity contribution in [1.82, 2.24) is 0 Å². The molecular formula is C12H13N3O3S. The van der Waals surface area contributed by atoms with Crippen molar-refractivity contribution in [2.24, 2.45) is 0 Å². The number of benzene rings is 1. The van der Waals surface area contributed by atoms with Crippen LogP contribution in [0, 0.1) is 21.4 Å². The molecule has 1 aliphatic rings. The summed E-state index contributed by atoms with van der Waals surface area (Å²) in [5.41, 5.74) is 0.229. The van der Waals surface area contributed by atoms with Crippen LogP contribution >= 0.6 is 0 Å². The van der Waals surface area contributed by atoms with Crippen LogP contribution in [-0.2, 0) is 10.8 Å². The molecule has 1 saturated heterocycles. The molecule has 7 heteroatoms. The molecule has 0 aromatic heterocycles. The van der Waals surface area contributed by atoms with E-state index in [0.717, 1.165) is 12.8 Å². The van der Waals surface area contributed by atoms with E-state index in [4.69, 9.17) is 5.26 Å². The monoisotopic (exact) mass is 279 g/mol. The molecule has 1 fully saturated rings. The van der Waals surface area contributed by atoms with Crippen molar-refractivity contribution in [3.05, 3.63) is 33.9 Å². The Hall–Kier alpha value is -1.94. The molecule has 100 valence electrons. The topological polar surface area (TPSA) is 96.0 Å². The summed E-state index contributed by atoms with van der Waals surface area (Å²) in [6.45, 7) is 0. The van der Waals surface area contributed by atoms with Gasteiger partial charge in [0, 0.05) is 28.3 Å². The number of rotatable bonds is 3. The van der Waals surface area contributed by atoms with Crippen molar-refractivity contribution < 1.29 is 9.13 Å². The first-order valence-corrected chi connectivity index (χ1v) is 7.39. The van der Waals surface area contributed by atoms with Crippen LogP contribution in [0.5, 0.6) is 0 Å². The predicted octanol–water partition coefficient (Wildman–Crippen LogP) is 1.79. The molecule has 0 atom stereocenters. The zero-order chi connectivity index (χ0) is 13.8. The largest absolute Gasteiger partial charge is 0.377 e. The molecule has 0 spiro atoms. The maximum Gasteiger partial charge on any atom is 0.309 e. The summed E-state index contributed by atoms with van der Waals surface area (Å²) < 4.78 is 11.3. The fraction of sp³-hybridized carbons (Fsp3) is 0.417. The highest BCUT2D eigenvalue weighted by atomic mass is 32.2. The Bertz CT molecular complexity index is 558. The van der Waals surface area contributed by atoms with Gasteiger partial charge in [-0.25, -0.2) is 0 Å².